The summed E-state index contributed by atoms with van der Waals surface area (Å²) in [5.41, 5.74) is 1.60. The summed E-state index contributed by atoms with van der Waals surface area (Å²) in [6, 6.07) is 13.2. The van der Waals surface area contributed by atoms with Gasteiger partial charge < -0.3 is 14.2 Å². The molecule has 0 unspecified atom stereocenters. The summed E-state index contributed by atoms with van der Waals surface area (Å²) in [4.78, 5) is 23.4. The van der Waals surface area contributed by atoms with Gasteiger partial charge in [-0.1, -0.05) is 23.4 Å². The molecule has 1 aliphatic heterocycles. The zero-order valence-electron chi connectivity index (χ0n) is 15.7. The van der Waals surface area contributed by atoms with E-state index in [9.17, 15) is 4.79 Å². The van der Waals surface area contributed by atoms with Gasteiger partial charge in [0.2, 0.25) is 5.91 Å². The highest BCUT2D eigenvalue weighted by molar-refractivity contribution is 5.79. The Kier molecular flexibility index (Phi) is 5.32. The lowest BCUT2D eigenvalue weighted by Gasteiger charge is -2.31. The Bertz CT molecular complexity index is 942. The lowest BCUT2D eigenvalue weighted by molar-refractivity contribution is -0.131. The van der Waals surface area contributed by atoms with E-state index in [4.69, 9.17) is 9.26 Å². The predicted molar refractivity (Wildman–Crippen MR) is 103 cm³/mol. The van der Waals surface area contributed by atoms with Crippen LogP contribution in [0.25, 0.3) is 11.6 Å². The van der Waals surface area contributed by atoms with Crippen molar-refractivity contribution in [3.63, 3.8) is 0 Å². The molecule has 0 N–H and O–H groups in total. The van der Waals surface area contributed by atoms with Crippen molar-refractivity contribution in [2.24, 2.45) is 0 Å². The average molecular weight is 378 g/mol. The van der Waals surface area contributed by atoms with Gasteiger partial charge in [-0.15, -0.1) is 0 Å². The van der Waals surface area contributed by atoms with Gasteiger partial charge in [0.15, 0.2) is 5.82 Å². The highest BCUT2D eigenvalue weighted by atomic mass is 16.5. The number of hydrogen-bond acceptors (Lipinski definition) is 6. The number of likely N-dealkylation sites (tertiary alicyclic amines) is 1. The molecular formula is C21H22N4O3. The number of aromatic nitrogens is 3. The minimum Gasteiger partial charge on any atom is -0.497 e. The molecule has 0 aliphatic carbocycles. The number of rotatable bonds is 5. The fourth-order valence-electron chi connectivity index (χ4n) is 3.48. The van der Waals surface area contributed by atoms with E-state index in [1.165, 1.54) is 0 Å². The van der Waals surface area contributed by atoms with Gasteiger partial charge in [0, 0.05) is 25.2 Å². The Labute approximate surface area is 163 Å². The van der Waals surface area contributed by atoms with E-state index < -0.39 is 0 Å². The third-order valence-corrected chi connectivity index (χ3v) is 4.95. The number of carbonyl (C=O) groups excluding carboxylic acids is 1. The van der Waals surface area contributed by atoms with E-state index in [-0.39, 0.29) is 11.8 Å². The third-order valence-electron chi connectivity index (χ3n) is 4.95. The molecule has 28 heavy (non-hydrogen) atoms. The number of methoxy groups -OCH3 is 1. The second-order valence-corrected chi connectivity index (χ2v) is 6.88. The Morgan fingerprint density at radius 3 is 3.04 bits per heavy atom. The molecule has 0 saturated carbocycles. The molecule has 144 valence electrons. The maximum atomic E-state index is 12.8. The molecule has 7 heteroatoms. The first-order chi connectivity index (χ1) is 13.7. The zero-order valence-corrected chi connectivity index (χ0v) is 15.7. The molecular weight excluding hydrogens is 356 g/mol. The molecule has 4 rings (SSSR count). The molecule has 0 bridgehead atoms. The van der Waals surface area contributed by atoms with Crippen LogP contribution in [0, 0.1) is 0 Å². The summed E-state index contributed by atoms with van der Waals surface area (Å²) in [6.45, 7) is 1.36. The number of hydrogen-bond donors (Lipinski definition) is 0. The fraction of sp³-hybridized carbons (Fsp3) is 0.333. The van der Waals surface area contributed by atoms with Gasteiger partial charge in [0.1, 0.15) is 11.4 Å². The van der Waals surface area contributed by atoms with E-state index in [2.05, 4.69) is 15.1 Å². The van der Waals surface area contributed by atoms with Crippen LogP contribution in [0.15, 0.2) is 53.2 Å². The zero-order chi connectivity index (χ0) is 19.3. The summed E-state index contributed by atoms with van der Waals surface area (Å²) in [5.74, 6) is 1.99. The molecule has 0 radical (unpaired) electrons. The van der Waals surface area contributed by atoms with Crippen LogP contribution in [0.1, 0.15) is 30.1 Å². The van der Waals surface area contributed by atoms with Gasteiger partial charge in [-0.3, -0.25) is 9.78 Å². The molecule has 1 atom stereocenters. The monoisotopic (exact) mass is 378 g/mol. The molecule has 1 saturated heterocycles. The van der Waals surface area contributed by atoms with Crippen LogP contribution >= 0.6 is 0 Å². The third kappa shape index (κ3) is 4.03. The lowest BCUT2D eigenvalue weighted by Crippen LogP contribution is -2.40. The van der Waals surface area contributed by atoms with Gasteiger partial charge in [-0.25, -0.2) is 0 Å². The fourth-order valence-corrected chi connectivity index (χ4v) is 3.48. The summed E-state index contributed by atoms with van der Waals surface area (Å²) in [7, 11) is 1.63. The van der Waals surface area contributed by atoms with Crippen LogP contribution in [0.3, 0.4) is 0 Å². The number of benzene rings is 1. The second kappa shape index (κ2) is 8.21. The van der Waals surface area contributed by atoms with Crippen LogP contribution in [0.5, 0.6) is 5.75 Å². The quantitative estimate of drug-likeness (QED) is 0.679. The van der Waals surface area contributed by atoms with Crippen molar-refractivity contribution in [1.29, 1.82) is 0 Å². The van der Waals surface area contributed by atoms with Crippen molar-refractivity contribution in [3.8, 4) is 17.3 Å². The van der Waals surface area contributed by atoms with Gasteiger partial charge in [-0.05, 0) is 42.7 Å². The molecule has 3 aromatic rings. The SMILES string of the molecule is COc1cccc(CC(=O)N2CCC[C@H](c3noc(-c4ccccn4)n3)C2)c1. The summed E-state index contributed by atoms with van der Waals surface area (Å²) >= 11 is 0. The summed E-state index contributed by atoms with van der Waals surface area (Å²) in [6.07, 6.45) is 3.90. The van der Waals surface area contributed by atoms with E-state index in [0.29, 0.717) is 30.4 Å². The Hall–Kier alpha value is -3.22. The van der Waals surface area contributed by atoms with Crippen molar-refractivity contribution in [3.05, 3.63) is 60.0 Å². The van der Waals surface area contributed by atoms with E-state index >= 15 is 0 Å². The maximum Gasteiger partial charge on any atom is 0.276 e. The van der Waals surface area contributed by atoms with Crippen molar-refractivity contribution >= 4 is 5.91 Å². The number of nitrogens with zero attached hydrogens (tertiary/aromatic N) is 4. The van der Waals surface area contributed by atoms with Crippen molar-refractivity contribution in [2.45, 2.75) is 25.2 Å². The summed E-state index contributed by atoms with van der Waals surface area (Å²) < 4.78 is 10.6. The van der Waals surface area contributed by atoms with Crippen molar-refractivity contribution in [1.82, 2.24) is 20.0 Å². The molecule has 2 aromatic heterocycles. The Morgan fingerprint density at radius 2 is 2.21 bits per heavy atom. The Balaban J connectivity index is 1.43. The van der Waals surface area contributed by atoms with Gasteiger partial charge >= 0.3 is 0 Å². The van der Waals surface area contributed by atoms with Crippen LogP contribution < -0.4 is 4.74 Å². The number of piperidine rings is 1. The van der Waals surface area contributed by atoms with Crippen molar-refractivity contribution < 1.29 is 14.1 Å². The van der Waals surface area contributed by atoms with E-state index in [1.807, 2.05) is 47.4 Å². The van der Waals surface area contributed by atoms with Crippen LogP contribution in [-0.2, 0) is 11.2 Å². The molecule has 1 fully saturated rings. The molecule has 1 aliphatic rings. The van der Waals surface area contributed by atoms with Crippen molar-refractivity contribution in [2.75, 3.05) is 20.2 Å². The number of pyridine rings is 1. The van der Waals surface area contributed by atoms with E-state index in [0.717, 1.165) is 30.7 Å². The predicted octanol–water partition coefficient (Wildman–Crippen LogP) is 3.09. The minimum absolute atomic E-state index is 0.0734. The normalized spacial score (nSPS) is 16.8. The maximum absolute atomic E-state index is 12.8. The van der Waals surface area contributed by atoms with Crippen LogP contribution in [0.4, 0.5) is 0 Å². The molecule has 1 aromatic carbocycles. The lowest BCUT2D eigenvalue weighted by atomic mass is 9.96. The highest BCUT2D eigenvalue weighted by Gasteiger charge is 2.28. The average Bonchev–Trinajstić information content (AvgIpc) is 3.25. The number of ether oxygens (including phenoxy) is 1. The molecule has 1 amide bonds. The molecule has 0 spiro atoms. The standard InChI is InChI=1S/C21H22N4O3/c1-27-17-8-4-6-15(12-17)13-19(26)25-11-5-7-16(14-25)20-23-21(28-24-20)18-9-2-3-10-22-18/h2-4,6,8-10,12,16H,5,7,11,13-14H2,1H3/t16-/m0/s1. The number of carbonyl (C=O) groups is 1. The minimum atomic E-state index is 0.0734. The largest absolute Gasteiger partial charge is 0.497 e. The second-order valence-electron chi connectivity index (χ2n) is 6.88. The molecule has 3 heterocycles. The number of amides is 1. The van der Waals surface area contributed by atoms with Gasteiger partial charge in [0.05, 0.1) is 13.5 Å². The first kappa shape index (κ1) is 18.2. The van der Waals surface area contributed by atoms with Gasteiger partial charge in [-0.2, -0.15) is 4.98 Å². The van der Waals surface area contributed by atoms with Crippen LogP contribution in [0.2, 0.25) is 0 Å². The first-order valence-electron chi connectivity index (χ1n) is 9.38. The van der Waals surface area contributed by atoms with Crippen LogP contribution in [-0.4, -0.2) is 46.1 Å². The Morgan fingerprint density at radius 1 is 1.29 bits per heavy atom. The smallest absolute Gasteiger partial charge is 0.276 e. The summed E-state index contributed by atoms with van der Waals surface area (Å²) in [5, 5.41) is 4.14. The van der Waals surface area contributed by atoms with Gasteiger partial charge in [0.25, 0.3) is 5.89 Å². The highest BCUT2D eigenvalue weighted by Crippen LogP contribution is 2.27. The first-order valence-corrected chi connectivity index (χ1v) is 9.38. The molecule has 7 nitrogen and oxygen atoms in total. The van der Waals surface area contributed by atoms with E-state index in [1.54, 1.807) is 13.3 Å². The topological polar surface area (TPSA) is 81.4 Å².